The van der Waals surface area contributed by atoms with Crippen molar-refractivity contribution in [1.29, 1.82) is 0 Å². The molecule has 0 unspecified atom stereocenters. The van der Waals surface area contributed by atoms with E-state index in [-0.39, 0.29) is 11.4 Å². The number of hydrogen-bond acceptors (Lipinski definition) is 5. The number of benzene rings is 2. The van der Waals surface area contributed by atoms with Crippen LogP contribution in [-0.4, -0.2) is 20.7 Å². The summed E-state index contributed by atoms with van der Waals surface area (Å²) in [6, 6.07) is 12.3. The Kier molecular flexibility index (Phi) is 5.35. The summed E-state index contributed by atoms with van der Waals surface area (Å²) in [6.07, 6.45) is -1.76. The van der Waals surface area contributed by atoms with Crippen LogP contribution in [0, 0.1) is 6.92 Å². The van der Waals surface area contributed by atoms with Crippen molar-refractivity contribution >= 4 is 11.6 Å². The highest BCUT2D eigenvalue weighted by molar-refractivity contribution is 6.03. The first-order chi connectivity index (χ1) is 15.2. The number of carbonyl (C=O) groups excluding carboxylic acids is 1. The zero-order chi connectivity index (χ0) is 22.9. The van der Waals surface area contributed by atoms with Crippen LogP contribution in [0.3, 0.4) is 0 Å². The molecule has 0 aliphatic rings. The van der Waals surface area contributed by atoms with Crippen LogP contribution >= 0.6 is 0 Å². The number of aromatic nitrogens is 3. The quantitative estimate of drug-likeness (QED) is 0.506. The van der Waals surface area contributed by atoms with Crippen LogP contribution in [0.2, 0.25) is 0 Å². The minimum atomic E-state index is -4.54. The van der Waals surface area contributed by atoms with Crippen molar-refractivity contribution in [2.24, 2.45) is 0 Å². The van der Waals surface area contributed by atoms with Crippen molar-refractivity contribution in [3.63, 3.8) is 0 Å². The molecule has 0 saturated carbocycles. The lowest BCUT2D eigenvalue weighted by molar-refractivity contribution is -0.137. The Morgan fingerprint density at radius 3 is 2.59 bits per heavy atom. The average Bonchev–Trinajstić information content (AvgIpc) is 3.28. The Morgan fingerprint density at radius 1 is 1.09 bits per heavy atom. The van der Waals surface area contributed by atoms with Crippen molar-refractivity contribution in [2.75, 3.05) is 5.32 Å². The number of aryl methyl sites for hydroxylation is 1. The van der Waals surface area contributed by atoms with Gasteiger partial charge >= 0.3 is 6.18 Å². The lowest BCUT2D eigenvalue weighted by Gasteiger charge is -2.13. The van der Waals surface area contributed by atoms with Crippen LogP contribution in [0.25, 0.3) is 17.0 Å². The number of alkyl halides is 3. The summed E-state index contributed by atoms with van der Waals surface area (Å²) < 4.78 is 45.6. The van der Waals surface area contributed by atoms with Gasteiger partial charge in [-0.05, 0) is 37.3 Å². The Hall–Kier alpha value is -4.21. The van der Waals surface area contributed by atoms with E-state index in [2.05, 4.69) is 15.4 Å². The molecule has 4 rings (SSSR count). The molecule has 0 atom stereocenters. The van der Waals surface area contributed by atoms with Gasteiger partial charge in [0.1, 0.15) is 0 Å². The number of anilines is 1. The van der Waals surface area contributed by atoms with Crippen molar-refractivity contribution < 1.29 is 22.4 Å². The first kappa shape index (κ1) is 21.0. The molecule has 7 nitrogen and oxygen atoms in total. The topological polar surface area (TPSA) is 90.0 Å². The largest absolute Gasteiger partial charge is 0.444 e. The Labute approximate surface area is 179 Å². The number of nitrogens with one attached hydrogen (secondary N) is 1. The van der Waals surface area contributed by atoms with E-state index in [4.69, 9.17) is 4.42 Å². The second kappa shape index (κ2) is 8.14. The lowest BCUT2D eigenvalue weighted by Crippen LogP contribution is -2.27. The number of halogens is 3. The van der Waals surface area contributed by atoms with Crippen molar-refractivity contribution in [3.05, 3.63) is 94.4 Å². The van der Waals surface area contributed by atoms with Crippen LogP contribution in [0.15, 0.2) is 76.4 Å². The predicted octanol–water partition coefficient (Wildman–Crippen LogP) is 4.47. The summed E-state index contributed by atoms with van der Waals surface area (Å²) in [5, 5.41) is 6.61. The van der Waals surface area contributed by atoms with E-state index in [0.29, 0.717) is 17.0 Å². The Morgan fingerprint density at radius 2 is 1.88 bits per heavy atom. The van der Waals surface area contributed by atoms with Gasteiger partial charge in [0.05, 0.1) is 17.4 Å². The van der Waals surface area contributed by atoms with E-state index >= 15 is 0 Å². The van der Waals surface area contributed by atoms with Crippen molar-refractivity contribution in [1.82, 2.24) is 14.8 Å². The van der Waals surface area contributed by atoms with E-state index in [1.54, 1.807) is 24.3 Å². The molecule has 1 amide bonds. The zero-order valence-electron chi connectivity index (χ0n) is 16.6. The monoisotopic (exact) mass is 440 g/mol. The summed E-state index contributed by atoms with van der Waals surface area (Å²) in [4.78, 5) is 29.0. The fraction of sp³-hybridized carbons (Fsp3) is 0.0909. The standard InChI is InChI=1S/C22H15F3N4O3/c1-13-8-18(30)20(28-29(13)17-7-3-5-15(10-17)22(23,24)25)21(31)27-16-6-2-4-14(9-16)19-11-26-12-32-19/h2-12H,1H3,(H,27,31). The predicted molar refractivity (Wildman–Crippen MR) is 109 cm³/mol. The molecule has 2 aromatic heterocycles. The highest BCUT2D eigenvalue weighted by Gasteiger charge is 2.30. The van der Waals surface area contributed by atoms with Crippen LogP contribution in [0.1, 0.15) is 21.7 Å². The smallest absolute Gasteiger partial charge is 0.416 e. The normalized spacial score (nSPS) is 11.4. The summed E-state index contributed by atoms with van der Waals surface area (Å²) >= 11 is 0. The van der Waals surface area contributed by atoms with Crippen LogP contribution < -0.4 is 10.7 Å². The van der Waals surface area contributed by atoms with Gasteiger partial charge in [0, 0.05) is 23.0 Å². The Balaban J connectivity index is 1.67. The second-order valence-electron chi connectivity index (χ2n) is 6.86. The highest BCUT2D eigenvalue weighted by Crippen LogP contribution is 2.30. The van der Waals surface area contributed by atoms with E-state index in [0.717, 1.165) is 22.9 Å². The molecule has 0 radical (unpaired) electrons. The van der Waals surface area contributed by atoms with E-state index in [9.17, 15) is 22.8 Å². The summed E-state index contributed by atoms with van der Waals surface area (Å²) in [5.74, 6) is -0.313. The molecule has 0 spiro atoms. The molecular formula is C22H15F3N4O3. The first-order valence-electron chi connectivity index (χ1n) is 9.31. The van der Waals surface area contributed by atoms with Crippen LogP contribution in [0.4, 0.5) is 18.9 Å². The number of hydrogen-bond donors (Lipinski definition) is 1. The third-order valence-corrected chi connectivity index (χ3v) is 4.58. The number of nitrogens with zero attached hydrogens (tertiary/aromatic N) is 3. The van der Waals surface area contributed by atoms with Gasteiger partial charge in [-0.25, -0.2) is 9.67 Å². The van der Waals surface area contributed by atoms with E-state index < -0.39 is 28.8 Å². The van der Waals surface area contributed by atoms with E-state index in [1.807, 2.05) is 0 Å². The molecule has 0 bridgehead atoms. The van der Waals surface area contributed by atoms with Gasteiger partial charge in [-0.15, -0.1) is 0 Å². The van der Waals surface area contributed by atoms with Gasteiger partial charge in [-0.1, -0.05) is 18.2 Å². The molecule has 10 heteroatoms. The molecule has 0 saturated heterocycles. The number of rotatable bonds is 4. The molecule has 4 aromatic rings. The summed E-state index contributed by atoms with van der Waals surface area (Å²) in [7, 11) is 0. The molecule has 0 aliphatic heterocycles. The summed E-state index contributed by atoms with van der Waals surface area (Å²) in [5.41, 5.74) is -0.621. The molecule has 2 heterocycles. The van der Waals surface area contributed by atoms with Gasteiger partial charge in [0.15, 0.2) is 17.8 Å². The maximum atomic E-state index is 13.1. The van der Waals surface area contributed by atoms with Crippen molar-refractivity contribution in [2.45, 2.75) is 13.1 Å². The zero-order valence-corrected chi connectivity index (χ0v) is 16.6. The minimum absolute atomic E-state index is 0.0682. The molecule has 2 aromatic carbocycles. The lowest BCUT2D eigenvalue weighted by atomic mass is 10.1. The third-order valence-electron chi connectivity index (χ3n) is 4.58. The van der Waals surface area contributed by atoms with Crippen LogP contribution in [0.5, 0.6) is 0 Å². The van der Waals surface area contributed by atoms with Crippen molar-refractivity contribution in [3.8, 4) is 17.0 Å². The van der Waals surface area contributed by atoms with E-state index in [1.165, 1.54) is 31.6 Å². The van der Waals surface area contributed by atoms with Crippen LogP contribution in [-0.2, 0) is 6.18 Å². The SMILES string of the molecule is Cc1cc(=O)c(C(=O)Nc2cccc(-c3cnco3)c2)nn1-c1cccc(C(F)(F)F)c1. The molecule has 162 valence electrons. The third kappa shape index (κ3) is 4.29. The molecular weight excluding hydrogens is 425 g/mol. The fourth-order valence-electron chi connectivity index (χ4n) is 3.08. The Bertz CT molecular complexity index is 1350. The summed E-state index contributed by atoms with van der Waals surface area (Å²) in [6.45, 7) is 1.51. The average molecular weight is 440 g/mol. The van der Waals surface area contributed by atoms with Gasteiger partial charge in [0.25, 0.3) is 5.91 Å². The highest BCUT2D eigenvalue weighted by atomic mass is 19.4. The minimum Gasteiger partial charge on any atom is -0.444 e. The van der Waals surface area contributed by atoms with Gasteiger partial charge in [-0.2, -0.15) is 18.3 Å². The molecule has 0 fully saturated rings. The van der Waals surface area contributed by atoms with Gasteiger partial charge in [-0.3, -0.25) is 9.59 Å². The molecule has 1 N–H and O–H groups in total. The van der Waals surface area contributed by atoms with Gasteiger partial charge in [0.2, 0.25) is 5.43 Å². The second-order valence-corrected chi connectivity index (χ2v) is 6.86. The fourth-order valence-corrected chi connectivity index (χ4v) is 3.08. The number of amides is 1. The molecule has 32 heavy (non-hydrogen) atoms. The first-order valence-corrected chi connectivity index (χ1v) is 9.31. The number of oxazole rings is 1. The molecule has 0 aliphatic carbocycles. The van der Waals surface area contributed by atoms with Gasteiger partial charge < -0.3 is 9.73 Å². The maximum Gasteiger partial charge on any atom is 0.416 e. The maximum absolute atomic E-state index is 13.1. The number of carbonyl (C=O) groups is 1.